The SMILES string of the molecule is CC(C)(C)CC/C=N/O. The maximum atomic E-state index is 8.03. The van der Waals surface area contributed by atoms with E-state index in [1.165, 1.54) is 6.21 Å². The van der Waals surface area contributed by atoms with E-state index in [0.29, 0.717) is 5.41 Å². The van der Waals surface area contributed by atoms with Gasteiger partial charge in [-0.05, 0) is 18.3 Å². The van der Waals surface area contributed by atoms with Gasteiger partial charge >= 0.3 is 0 Å². The molecule has 0 saturated carbocycles. The van der Waals surface area contributed by atoms with Crippen molar-refractivity contribution in [2.24, 2.45) is 10.6 Å². The Morgan fingerprint density at radius 1 is 1.44 bits per heavy atom. The second-order valence-corrected chi connectivity index (χ2v) is 3.40. The molecule has 1 N–H and O–H groups in total. The van der Waals surface area contributed by atoms with Gasteiger partial charge in [-0.15, -0.1) is 5.16 Å². The van der Waals surface area contributed by atoms with Crippen LogP contribution in [0.3, 0.4) is 0 Å². The molecule has 0 unspecified atom stereocenters. The minimum Gasteiger partial charge on any atom is -0.411 e. The van der Waals surface area contributed by atoms with Crippen molar-refractivity contribution in [3.63, 3.8) is 0 Å². The van der Waals surface area contributed by atoms with Crippen molar-refractivity contribution in [3.8, 4) is 0 Å². The van der Waals surface area contributed by atoms with Crippen LogP contribution < -0.4 is 0 Å². The molecule has 0 aliphatic heterocycles. The molecule has 9 heavy (non-hydrogen) atoms. The van der Waals surface area contributed by atoms with E-state index in [2.05, 4.69) is 25.9 Å². The molecule has 0 rings (SSSR count). The maximum absolute atomic E-state index is 8.03. The van der Waals surface area contributed by atoms with Crippen LogP contribution in [0.15, 0.2) is 5.16 Å². The van der Waals surface area contributed by atoms with E-state index < -0.39 is 0 Å². The van der Waals surface area contributed by atoms with Crippen LogP contribution in [0.1, 0.15) is 33.6 Å². The molecule has 0 atom stereocenters. The van der Waals surface area contributed by atoms with Crippen molar-refractivity contribution in [2.45, 2.75) is 33.6 Å². The lowest BCUT2D eigenvalue weighted by atomic mass is 9.91. The summed E-state index contributed by atoms with van der Waals surface area (Å²) < 4.78 is 0. The number of oxime groups is 1. The average molecular weight is 129 g/mol. The lowest BCUT2D eigenvalue weighted by Crippen LogP contribution is -2.04. The Hall–Kier alpha value is -0.530. The third-order valence-electron chi connectivity index (χ3n) is 1.11. The summed E-state index contributed by atoms with van der Waals surface area (Å²) in [5, 5.41) is 10.9. The van der Waals surface area contributed by atoms with Gasteiger partial charge in [0, 0.05) is 6.21 Å². The zero-order valence-corrected chi connectivity index (χ0v) is 6.39. The Morgan fingerprint density at radius 3 is 2.33 bits per heavy atom. The maximum Gasteiger partial charge on any atom is 0.0436 e. The van der Waals surface area contributed by atoms with E-state index in [9.17, 15) is 0 Å². The summed E-state index contributed by atoms with van der Waals surface area (Å²) in [6.45, 7) is 6.49. The highest BCUT2D eigenvalue weighted by Crippen LogP contribution is 2.19. The summed E-state index contributed by atoms with van der Waals surface area (Å²) in [5.74, 6) is 0. The van der Waals surface area contributed by atoms with Crippen molar-refractivity contribution in [3.05, 3.63) is 0 Å². The van der Waals surface area contributed by atoms with Crippen LogP contribution >= 0.6 is 0 Å². The van der Waals surface area contributed by atoms with Crippen LogP contribution in [0.2, 0.25) is 0 Å². The molecule has 0 aromatic heterocycles. The summed E-state index contributed by atoms with van der Waals surface area (Å²) >= 11 is 0. The third-order valence-corrected chi connectivity index (χ3v) is 1.11. The van der Waals surface area contributed by atoms with Crippen LogP contribution in [0.4, 0.5) is 0 Å². The lowest BCUT2D eigenvalue weighted by molar-refractivity contribution is 0.318. The van der Waals surface area contributed by atoms with Crippen molar-refractivity contribution in [2.75, 3.05) is 0 Å². The molecule has 0 aromatic carbocycles. The quantitative estimate of drug-likeness (QED) is 0.346. The fourth-order valence-electron chi connectivity index (χ4n) is 0.555. The van der Waals surface area contributed by atoms with Crippen LogP contribution in [0, 0.1) is 5.41 Å². The van der Waals surface area contributed by atoms with Crippen molar-refractivity contribution in [1.29, 1.82) is 0 Å². The fourth-order valence-corrected chi connectivity index (χ4v) is 0.555. The smallest absolute Gasteiger partial charge is 0.0436 e. The normalized spacial score (nSPS) is 12.8. The van der Waals surface area contributed by atoms with Gasteiger partial charge in [0.25, 0.3) is 0 Å². The molecule has 0 fully saturated rings. The highest BCUT2D eigenvalue weighted by atomic mass is 16.4. The molecule has 0 aliphatic rings. The summed E-state index contributed by atoms with van der Waals surface area (Å²) in [6.07, 6.45) is 3.46. The Bertz CT molecular complexity index is 91.6. The van der Waals surface area contributed by atoms with Gasteiger partial charge in [-0.25, -0.2) is 0 Å². The lowest BCUT2D eigenvalue weighted by Gasteiger charge is -2.15. The topological polar surface area (TPSA) is 32.6 Å². The predicted molar refractivity (Wildman–Crippen MR) is 39.0 cm³/mol. The summed E-state index contributed by atoms with van der Waals surface area (Å²) in [5.41, 5.74) is 0.348. The second-order valence-electron chi connectivity index (χ2n) is 3.40. The van der Waals surface area contributed by atoms with E-state index in [0.717, 1.165) is 12.8 Å². The highest BCUT2D eigenvalue weighted by Gasteiger charge is 2.07. The monoisotopic (exact) mass is 129 g/mol. The number of nitrogens with zero attached hydrogens (tertiary/aromatic N) is 1. The largest absolute Gasteiger partial charge is 0.411 e. The summed E-state index contributed by atoms with van der Waals surface area (Å²) in [6, 6.07) is 0. The van der Waals surface area contributed by atoms with Gasteiger partial charge in [0.15, 0.2) is 0 Å². The van der Waals surface area contributed by atoms with Gasteiger partial charge < -0.3 is 5.21 Å². The Morgan fingerprint density at radius 2 is 2.00 bits per heavy atom. The molecule has 0 aliphatic carbocycles. The Labute approximate surface area is 56.6 Å². The average Bonchev–Trinajstić information content (AvgIpc) is 1.63. The molecule has 0 aromatic rings. The number of rotatable bonds is 2. The van der Waals surface area contributed by atoms with Crippen molar-refractivity contribution >= 4 is 6.21 Å². The molecule has 2 heteroatoms. The van der Waals surface area contributed by atoms with Crippen LogP contribution in [-0.2, 0) is 0 Å². The molecule has 0 amide bonds. The minimum absolute atomic E-state index is 0.348. The summed E-state index contributed by atoms with van der Waals surface area (Å²) in [4.78, 5) is 0. The van der Waals surface area contributed by atoms with E-state index in [4.69, 9.17) is 5.21 Å². The van der Waals surface area contributed by atoms with Crippen LogP contribution in [-0.4, -0.2) is 11.4 Å². The van der Waals surface area contributed by atoms with Gasteiger partial charge in [-0.2, -0.15) is 0 Å². The van der Waals surface area contributed by atoms with Gasteiger partial charge in [-0.1, -0.05) is 20.8 Å². The molecular formula is C7H15NO. The van der Waals surface area contributed by atoms with Gasteiger partial charge in [0.1, 0.15) is 0 Å². The highest BCUT2D eigenvalue weighted by molar-refractivity contribution is 5.55. The van der Waals surface area contributed by atoms with Crippen molar-refractivity contribution in [1.82, 2.24) is 0 Å². The van der Waals surface area contributed by atoms with E-state index in [1.807, 2.05) is 0 Å². The second kappa shape index (κ2) is 3.49. The predicted octanol–water partition coefficient (Wildman–Crippen LogP) is 2.27. The van der Waals surface area contributed by atoms with E-state index in [-0.39, 0.29) is 0 Å². The molecule has 0 saturated heterocycles. The van der Waals surface area contributed by atoms with Crippen LogP contribution in [0.5, 0.6) is 0 Å². The molecule has 0 heterocycles. The third kappa shape index (κ3) is 7.47. The number of hydrogen-bond acceptors (Lipinski definition) is 2. The molecule has 54 valence electrons. The van der Waals surface area contributed by atoms with Gasteiger partial charge in [-0.3, -0.25) is 0 Å². The molecule has 0 radical (unpaired) electrons. The van der Waals surface area contributed by atoms with E-state index in [1.54, 1.807) is 0 Å². The first-order valence-electron chi connectivity index (χ1n) is 3.22. The summed E-state index contributed by atoms with van der Waals surface area (Å²) in [7, 11) is 0. The van der Waals surface area contributed by atoms with Crippen LogP contribution in [0.25, 0.3) is 0 Å². The molecular weight excluding hydrogens is 114 g/mol. The Kier molecular flexibility index (Phi) is 3.28. The first-order chi connectivity index (χ1) is 4.06. The van der Waals surface area contributed by atoms with Crippen molar-refractivity contribution < 1.29 is 5.21 Å². The fraction of sp³-hybridized carbons (Fsp3) is 0.857. The molecule has 0 spiro atoms. The zero-order valence-electron chi connectivity index (χ0n) is 6.39. The van der Waals surface area contributed by atoms with Gasteiger partial charge in [0.2, 0.25) is 0 Å². The molecule has 0 bridgehead atoms. The van der Waals surface area contributed by atoms with E-state index >= 15 is 0 Å². The van der Waals surface area contributed by atoms with Gasteiger partial charge in [0.05, 0.1) is 0 Å². The molecule has 2 nitrogen and oxygen atoms in total. The number of hydrogen-bond donors (Lipinski definition) is 1. The zero-order chi connectivity index (χ0) is 7.33. The Balaban J connectivity index is 3.28. The first-order valence-corrected chi connectivity index (χ1v) is 3.22. The standard InChI is InChI=1S/C7H15NO/c1-7(2,3)5-4-6-8-9/h6,9H,4-5H2,1-3H3/b8-6+. The first kappa shape index (κ1) is 8.47. The minimum atomic E-state index is 0.348.